The first-order valence-corrected chi connectivity index (χ1v) is 23.2. The van der Waals surface area contributed by atoms with Crippen LogP contribution in [0.2, 0.25) is 10.0 Å². The van der Waals surface area contributed by atoms with E-state index < -0.39 is 114 Å². The van der Waals surface area contributed by atoms with Gasteiger partial charge in [-0.05, 0) is 95.7 Å². The van der Waals surface area contributed by atoms with Gasteiger partial charge in [-0.3, -0.25) is 27.8 Å². The quantitative estimate of drug-likeness (QED) is 0.0963. The molecule has 0 aliphatic rings. The molecule has 6 rings (SSSR count). The molecule has 23 heteroatoms. The van der Waals surface area contributed by atoms with Crippen LogP contribution < -0.4 is 0 Å². The Kier molecular flexibility index (Phi) is 10.5. The van der Waals surface area contributed by atoms with E-state index in [2.05, 4.69) is 0 Å². The molecule has 0 aliphatic carbocycles. The van der Waals surface area contributed by atoms with Gasteiger partial charge in [-0.2, -0.15) is 33.7 Å². The number of hydrogen-bond donors (Lipinski definition) is 4. The van der Waals surface area contributed by atoms with E-state index in [9.17, 15) is 69.9 Å². The van der Waals surface area contributed by atoms with Crippen molar-refractivity contribution in [3.63, 3.8) is 0 Å². The van der Waals surface area contributed by atoms with Crippen molar-refractivity contribution in [2.24, 2.45) is 0 Å². The zero-order chi connectivity index (χ0) is 42.2. The van der Waals surface area contributed by atoms with Crippen molar-refractivity contribution < 1.29 is 69.9 Å². The molecule has 6 aromatic rings. The summed E-state index contributed by atoms with van der Waals surface area (Å²) >= 11 is 12.3. The number of carbonyl (C=O) groups excluding carboxylic acids is 2. The highest BCUT2D eigenvalue weighted by atomic mass is 35.5. The van der Waals surface area contributed by atoms with Crippen LogP contribution in [0.4, 0.5) is 0 Å². The molecule has 0 atom stereocenters. The highest BCUT2D eigenvalue weighted by Gasteiger charge is 2.32. The molecule has 6 aromatic carbocycles. The van der Waals surface area contributed by atoms with Crippen molar-refractivity contribution in [1.82, 2.24) is 0 Å². The van der Waals surface area contributed by atoms with Crippen LogP contribution in [0.15, 0.2) is 126 Å². The summed E-state index contributed by atoms with van der Waals surface area (Å²) in [6.45, 7) is 0. The zero-order valence-corrected chi connectivity index (χ0v) is 33.3. The van der Waals surface area contributed by atoms with E-state index in [4.69, 9.17) is 23.2 Å². The van der Waals surface area contributed by atoms with E-state index in [1.807, 2.05) is 0 Å². The predicted molar refractivity (Wildman–Crippen MR) is 202 cm³/mol. The lowest BCUT2D eigenvalue weighted by atomic mass is 9.99. The molecule has 0 aliphatic heterocycles. The van der Waals surface area contributed by atoms with Crippen molar-refractivity contribution in [2.75, 3.05) is 0 Å². The topological polar surface area (TPSA) is 286 Å². The summed E-state index contributed by atoms with van der Waals surface area (Å²) in [6, 6.07) is 14.0. The summed E-state index contributed by atoms with van der Waals surface area (Å²) in [5.74, 6) is -2.49. The summed E-state index contributed by atoms with van der Waals surface area (Å²) in [5.41, 5.74) is -2.68. The van der Waals surface area contributed by atoms with E-state index in [0.717, 1.165) is 84.9 Å². The molecule has 4 N–H and O–H groups in total. The molecule has 57 heavy (non-hydrogen) atoms. The van der Waals surface area contributed by atoms with Crippen molar-refractivity contribution in [3.8, 4) is 0 Å². The largest absolute Gasteiger partial charge is 0.295 e. The third kappa shape index (κ3) is 8.22. The highest BCUT2D eigenvalue weighted by Crippen LogP contribution is 2.36. The van der Waals surface area contributed by atoms with E-state index in [0.29, 0.717) is 12.1 Å². The number of ketones is 2. The summed E-state index contributed by atoms with van der Waals surface area (Å²) in [4.78, 5) is 23.4. The number of fused-ring (bicyclic) bond motifs is 2. The fourth-order valence-electron chi connectivity index (χ4n) is 5.89. The Morgan fingerprint density at radius 2 is 0.754 bits per heavy atom. The Hall–Kier alpha value is -4.65. The molecule has 0 heterocycles. The van der Waals surface area contributed by atoms with Crippen molar-refractivity contribution in [1.29, 1.82) is 0 Å². The van der Waals surface area contributed by atoms with E-state index in [1.54, 1.807) is 0 Å². The first kappa shape index (κ1) is 42.0. The Balaban J connectivity index is 1.56. The maximum Gasteiger partial charge on any atom is 0.295 e. The lowest BCUT2D eigenvalue weighted by Gasteiger charge is -2.15. The van der Waals surface area contributed by atoms with Gasteiger partial charge < -0.3 is 0 Å². The van der Waals surface area contributed by atoms with Crippen LogP contribution in [-0.2, 0) is 50.3 Å². The number of carbonyl (C=O) groups is 2. The van der Waals surface area contributed by atoms with Crippen LogP contribution >= 0.6 is 23.2 Å². The van der Waals surface area contributed by atoms with Crippen LogP contribution in [0.1, 0.15) is 31.8 Å². The van der Waals surface area contributed by atoms with Crippen molar-refractivity contribution in [3.05, 3.63) is 129 Å². The molecular weight excluding hydrogens is 896 g/mol. The standard InChI is InChI=1S/C34H20Cl2O16S5/c35-21-1-7-29(27(15-21)33(37)19-9-17-11-23(54(41,42)43)3-5-25(17)31(13-19)56(47,48)49)53(39,40)30-8-2-22(36)16-28(30)34(38)20-10-18-12-24(55(44,45)46)4-6-26(18)32(14-20)57(50,51)52/h1-16H,(H,41,42,43)(H,44,45,46)(H,47,48,49)(H,50,51,52). The number of benzene rings is 6. The van der Waals surface area contributed by atoms with Gasteiger partial charge in [0.25, 0.3) is 40.5 Å². The Bertz CT molecular complexity index is 3150. The van der Waals surface area contributed by atoms with Crippen molar-refractivity contribution in [2.45, 2.75) is 29.4 Å². The lowest BCUT2D eigenvalue weighted by molar-refractivity contribution is 0.102. The Labute approximate surface area is 333 Å². The van der Waals surface area contributed by atoms with Crippen molar-refractivity contribution >= 4 is 107 Å². The molecule has 0 amide bonds. The van der Waals surface area contributed by atoms with Gasteiger partial charge in [0, 0.05) is 43.1 Å². The molecule has 0 aromatic heterocycles. The van der Waals surface area contributed by atoms with Crippen LogP contribution in [0, 0.1) is 0 Å². The smallest absolute Gasteiger partial charge is 0.289 e. The van der Waals surface area contributed by atoms with Crippen LogP contribution in [0.5, 0.6) is 0 Å². The summed E-state index contributed by atoms with van der Waals surface area (Å²) in [5, 5.41) is -1.61. The monoisotopic (exact) mass is 914 g/mol. The van der Waals surface area contributed by atoms with Gasteiger partial charge in [0.1, 0.15) is 9.79 Å². The number of hydrogen-bond acceptors (Lipinski definition) is 12. The summed E-state index contributed by atoms with van der Waals surface area (Å²) in [6.07, 6.45) is 0. The molecule has 0 bridgehead atoms. The molecule has 0 saturated carbocycles. The average molecular weight is 916 g/mol. The molecule has 0 radical (unpaired) electrons. The van der Waals surface area contributed by atoms with Gasteiger partial charge >= 0.3 is 0 Å². The Morgan fingerprint density at radius 1 is 0.404 bits per heavy atom. The Morgan fingerprint density at radius 3 is 1.07 bits per heavy atom. The number of rotatable bonds is 10. The minimum Gasteiger partial charge on any atom is -0.289 e. The predicted octanol–water partition coefficient (Wildman–Crippen LogP) is 5.58. The van der Waals surface area contributed by atoms with E-state index >= 15 is 0 Å². The molecule has 0 spiro atoms. The third-order valence-electron chi connectivity index (χ3n) is 8.40. The second-order valence-corrected chi connectivity index (χ2v) is 20.4. The van der Waals surface area contributed by atoms with Gasteiger partial charge in [0.15, 0.2) is 11.6 Å². The first-order chi connectivity index (χ1) is 26.2. The first-order valence-electron chi connectivity index (χ1n) is 15.2. The number of sulfone groups is 1. The SMILES string of the molecule is O=C(c1cc(S(=O)(=O)O)c2ccc(S(=O)(=O)O)cc2c1)c1cc(Cl)ccc1S(=O)(=O)c1ccc(Cl)cc1C(=O)c1cc(S(=O)(=O)O)c2ccc(S(=O)(=O)O)cc2c1. The minimum atomic E-state index is -5.14. The second kappa shape index (κ2) is 14.3. The maximum atomic E-state index is 14.5. The van der Waals surface area contributed by atoms with Gasteiger partial charge in [-0.15, -0.1) is 0 Å². The van der Waals surface area contributed by atoms with Gasteiger partial charge in [-0.1, -0.05) is 35.3 Å². The molecule has 296 valence electrons. The van der Waals surface area contributed by atoms with E-state index in [1.165, 1.54) is 0 Å². The molecule has 0 fully saturated rings. The van der Waals surface area contributed by atoms with Crippen LogP contribution in [0.3, 0.4) is 0 Å². The fraction of sp³-hybridized carbons (Fsp3) is 0. The maximum absolute atomic E-state index is 14.5. The summed E-state index contributed by atoms with van der Waals surface area (Å²) < 4.78 is 165. The molecule has 0 unspecified atom stereocenters. The summed E-state index contributed by atoms with van der Waals surface area (Å²) in [7, 11) is -25.1. The third-order valence-corrected chi connectivity index (χ3v) is 14.2. The molecule has 0 saturated heterocycles. The fourth-order valence-corrected chi connectivity index (χ4v) is 10.4. The van der Waals surface area contributed by atoms with Gasteiger partial charge in [-0.25, -0.2) is 8.42 Å². The zero-order valence-electron chi connectivity index (χ0n) is 27.7. The van der Waals surface area contributed by atoms with E-state index in [-0.39, 0.29) is 31.6 Å². The van der Waals surface area contributed by atoms with Gasteiger partial charge in [0.2, 0.25) is 9.84 Å². The molecular formula is C34H20Cl2O16S5. The molecule has 16 nitrogen and oxygen atoms in total. The van der Waals surface area contributed by atoms with Crippen LogP contribution in [-0.4, -0.2) is 71.9 Å². The highest BCUT2D eigenvalue weighted by molar-refractivity contribution is 7.91. The normalized spacial score (nSPS) is 12.9. The average Bonchev–Trinajstić information content (AvgIpc) is 3.10. The van der Waals surface area contributed by atoms with Crippen LogP contribution in [0.25, 0.3) is 21.5 Å². The minimum absolute atomic E-state index is 0.215. The van der Waals surface area contributed by atoms with Gasteiger partial charge in [0.05, 0.1) is 19.6 Å². The number of halogens is 2. The second-order valence-electron chi connectivity index (χ2n) is 12.1. The lowest BCUT2D eigenvalue weighted by Crippen LogP contribution is -2.15.